The van der Waals surface area contributed by atoms with Crippen LogP contribution in [0, 0.1) is 0 Å². The van der Waals surface area contributed by atoms with Crippen molar-refractivity contribution in [3.05, 3.63) is 0 Å². The van der Waals surface area contributed by atoms with Crippen molar-refractivity contribution in [2.24, 2.45) is 0 Å². The fourth-order valence-corrected chi connectivity index (χ4v) is 3.45. The molecule has 3 heterocycles. The Morgan fingerprint density at radius 3 is 2.43 bits per heavy atom. The van der Waals surface area contributed by atoms with Crippen LogP contribution in [0.5, 0.6) is 0 Å². The smallest absolute Gasteiger partial charge is 0.314 e. The van der Waals surface area contributed by atoms with Crippen molar-refractivity contribution in [2.45, 2.75) is 65.0 Å². The summed E-state index contributed by atoms with van der Waals surface area (Å²) in [7, 11) is 0. The Bertz CT molecular complexity index is 474. The Labute approximate surface area is 125 Å². The zero-order valence-electron chi connectivity index (χ0n) is 13.5. The van der Waals surface area contributed by atoms with Gasteiger partial charge in [-0.05, 0) is 34.1 Å². The van der Waals surface area contributed by atoms with Crippen molar-refractivity contribution in [2.75, 3.05) is 13.3 Å². The molecule has 0 aromatic carbocycles. The number of hydrogen-bond donors (Lipinski definition) is 1. The summed E-state index contributed by atoms with van der Waals surface area (Å²) in [5, 5.41) is 2.98. The molecule has 0 aromatic rings. The molecule has 7 nitrogen and oxygen atoms in total. The van der Waals surface area contributed by atoms with E-state index in [2.05, 4.69) is 24.1 Å². The molecule has 3 fully saturated rings. The Morgan fingerprint density at radius 2 is 1.86 bits per heavy atom. The average molecular weight is 295 g/mol. The molecule has 3 aliphatic rings. The van der Waals surface area contributed by atoms with E-state index in [9.17, 15) is 9.59 Å². The first-order valence-corrected chi connectivity index (χ1v) is 7.67. The maximum absolute atomic E-state index is 12.8. The molecule has 0 aliphatic carbocycles. The molecule has 118 valence electrons. The Kier molecular flexibility index (Phi) is 3.09. The van der Waals surface area contributed by atoms with Gasteiger partial charge in [0.05, 0.1) is 13.3 Å². The predicted octanol–water partition coefficient (Wildman–Crippen LogP) is 1.23. The van der Waals surface area contributed by atoms with Crippen LogP contribution in [-0.2, 0) is 0 Å². The third-order valence-corrected chi connectivity index (χ3v) is 4.79. The summed E-state index contributed by atoms with van der Waals surface area (Å²) in [6.07, 6.45) is 0.572. The van der Waals surface area contributed by atoms with E-state index >= 15 is 0 Å². The molecule has 3 aliphatic heterocycles. The molecule has 0 saturated carbocycles. The summed E-state index contributed by atoms with van der Waals surface area (Å²) in [4.78, 5) is 32.6. The van der Waals surface area contributed by atoms with Crippen molar-refractivity contribution < 1.29 is 9.59 Å². The number of rotatable bonds is 2. The lowest BCUT2D eigenvalue weighted by Crippen LogP contribution is -2.61. The molecule has 4 amide bonds. The summed E-state index contributed by atoms with van der Waals surface area (Å²) in [6.45, 7) is 11.4. The van der Waals surface area contributed by atoms with Gasteiger partial charge in [0.25, 0.3) is 0 Å². The third kappa shape index (κ3) is 1.97. The van der Waals surface area contributed by atoms with E-state index in [1.54, 1.807) is 9.80 Å². The zero-order valence-corrected chi connectivity index (χ0v) is 13.5. The number of urea groups is 2. The van der Waals surface area contributed by atoms with Gasteiger partial charge in [-0.15, -0.1) is 0 Å². The highest BCUT2D eigenvalue weighted by Crippen LogP contribution is 2.36. The minimum Gasteiger partial charge on any atom is -0.314 e. The Balaban J connectivity index is 1.94. The van der Waals surface area contributed by atoms with Gasteiger partial charge in [0.15, 0.2) is 6.17 Å². The van der Waals surface area contributed by atoms with Crippen LogP contribution in [0.15, 0.2) is 0 Å². The molecule has 0 bridgehead atoms. The van der Waals surface area contributed by atoms with E-state index in [0.29, 0.717) is 19.4 Å². The van der Waals surface area contributed by atoms with Crippen LogP contribution in [0.3, 0.4) is 0 Å². The van der Waals surface area contributed by atoms with Crippen LogP contribution >= 0.6 is 0 Å². The van der Waals surface area contributed by atoms with E-state index in [4.69, 9.17) is 0 Å². The summed E-state index contributed by atoms with van der Waals surface area (Å²) < 4.78 is 0. The van der Waals surface area contributed by atoms with Crippen LogP contribution < -0.4 is 5.32 Å². The van der Waals surface area contributed by atoms with E-state index < -0.39 is 0 Å². The first kappa shape index (κ1) is 14.4. The number of nitrogens with zero attached hydrogens (tertiary/aromatic N) is 4. The maximum atomic E-state index is 12.8. The topological polar surface area (TPSA) is 59.1 Å². The molecular weight excluding hydrogens is 270 g/mol. The number of carbonyl (C=O) groups excluding carboxylic acids is 2. The first-order valence-electron chi connectivity index (χ1n) is 7.67. The van der Waals surface area contributed by atoms with Crippen LogP contribution in [0.2, 0.25) is 0 Å². The summed E-state index contributed by atoms with van der Waals surface area (Å²) in [5.41, 5.74) is -0.316. The molecule has 3 saturated heterocycles. The molecule has 3 rings (SSSR count). The van der Waals surface area contributed by atoms with Gasteiger partial charge in [-0.3, -0.25) is 19.6 Å². The van der Waals surface area contributed by atoms with Gasteiger partial charge in [0.2, 0.25) is 0 Å². The molecule has 21 heavy (non-hydrogen) atoms. The van der Waals surface area contributed by atoms with Gasteiger partial charge in [0.1, 0.15) is 6.17 Å². The normalized spacial score (nSPS) is 30.8. The third-order valence-electron chi connectivity index (χ3n) is 4.79. The average Bonchev–Trinajstić information content (AvgIpc) is 2.87. The van der Waals surface area contributed by atoms with Crippen LogP contribution in [0.25, 0.3) is 0 Å². The lowest BCUT2D eigenvalue weighted by atomic mass is 10.1. The maximum Gasteiger partial charge on any atom is 0.325 e. The summed E-state index contributed by atoms with van der Waals surface area (Å²) in [6, 6.07) is 0.273. The number of amides is 4. The molecule has 0 aromatic heterocycles. The largest absolute Gasteiger partial charge is 0.325 e. The van der Waals surface area contributed by atoms with Crippen molar-refractivity contribution in [3.8, 4) is 0 Å². The lowest BCUT2D eigenvalue weighted by Gasteiger charge is -2.43. The Hall–Kier alpha value is -1.50. The monoisotopic (exact) mass is 295 g/mol. The van der Waals surface area contributed by atoms with Crippen LogP contribution in [-0.4, -0.2) is 68.9 Å². The second kappa shape index (κ2) is 4.50. The molecule has 3 atom stereocenters. The van der Waals surface area contributed by atoms with E-state index in [1.165, 1.54) is 0 Å². The predicted molar refractivity (Wildman–Crippen MR) is 78.1 cm³/mol. The fraction of sp³-hybridized carbons (Fsp3) is 0.857. The minimum atomic E-state index is -0.316. The van der Waals surface area contributed by atoms with Gasteiger partial charge in [-0.2, -0.15) is 0 Å². The van der Waals surface area contributed by atoms with Crippen molar-refractivity contribution >= 4 is 12.1 Å². The summed E-state index contributed by atoms with van der Waals surface area (Å²) in [5.74, 6) is 0. The van der Waals surface area contributed by atoms with E-state index in [0.717, 1.165) is 6.42 Å². The molecular formula is C14H25N5O2. The molecule has 7 heteroatoms. The van der Waals surface area contributed by atoms with Gasteiger partial charge < -0.3 is 5.32 Å². The van der Waals surface area contributed by atoms with Crippen molar-refractivity contribution in [3.63, 3.8) is 0 Å². The van der Waals surface area contributed by atoms with E-state index in [-0.39, 0.29) is 29.9 Å². The van der Waals surface area contributed by atoms with Gasteiger partial charge in [-0.1, -0.05) is 6.92 Å². The minimum absolute atomic E-state index is 0.00973. The Morgan fingerprint density at radius 1 is 1.24 bits per heavy atom. The van der Waals surface area contributed by atoms with Gasteiger partial charge >= 0.3 is 12.1 Å². The number of hydrogen-bond acceptors (Lipinski definition) is 3. The standard InChI is InChI=1S/C14H25N5O2/c1-6-9(2)16-7-17-11-10(15-12(17)20)19(14(3,4)5)13(21)18(11)8-16/h9-11H,6-8H2,1-5H3,(H,15,20)/t9-,10+,11+/m1/s1. The van der Waals surface area contributed by atoms with Gasteiger partial charge in [-0.25, -0.2) is 9.59 Å². The second-order valence-corrected chi connectivity index (χ2v) is 7.20. The molecule has 0 unspecified atom stereocenters. The summed E-state index contributed by atoms with van der Waals surface area (Å²) >= 11 is 0. The molecule has 1 N–H and O–H groups in total. The second-order valence-electron chi connectivity index (χ2n) is 7.20. The molecule has 0 spiro atoms. The van der Waals surface area contributed by atoms with E-state index in [1.807, 2.05) is 25.7 Å². The van der Waals surface area contributed by atoms with Crippen LogP contribution in [0.4, 0.5) is 9.59 Å². The highest BCUT2D eigenvalue weighted by Gasteiger charge is 2.60. The fourth-order valence-electron chi connectivity index (χ4n) is 3.45. The quantitative estimate of drug-likeness (QED) is 0.833. The zero-order chi connectivity index (χ0) is 15.5. The number of carbonyl (C=O) groups is 2. The SMILES string of the molecule is CC[C@@H](C)N1CN2C(=O)N[C@@H]3[C@@H]2N(C1)C(=O)N3C(C)(C)C. The lowest BCUT2D eigenvalue weighted by molar-refractivity contribution is -0.0293. The molecule has 0 radical (unpaired) electrons. The van der Waals surface area contributed by atoms with Crippen LogP contribution in [0.1, 0.15) is 41.0 Å². The number of nitrogens with one attached hydrogen (secondary N) is 1. The first-order chi connectivity index (χ1) is 9.75. The van der Waals surface area contributed by atoms with Crippen molar-refractivity contribution in [1.29, 1.82) is 0 Å². The highest BCUT2D eigenvalue weighted by molar-refractivity contribution is 5.85. The van der Waals surface area contributed by atoms with Gasteiger partial charge in [0, 0.05) is 11.6 Å². The highest BCUT2D eigenvalue weighted by atomic mass is 16.2. The van der Waals surface area contributed by atoms with Crippen molar-refractivity contribution in [1.82, 2.24) is 24.9 Å².